The van der Waals surface area contributed by atoms with Gasteiger partial charge in [0.1, 0.15) is 16.1 Å². The first kappa shape index (κ1) is 17.5. The molecule has 3 rings (SSSR count). The van der Waals surface area contributed by atoms with Gasteiger partial charge in [0.05, 0.1) is 0 Å². The summed E-state index contributed by atoms with van der Waals surface area (Å²) in [6.07, 6.45) is -0.488. The number of guanidine groups is 1. The van der Waals surface area contributed by atoms with Crippen LogP contribution in [0.3, 0.4) is 0 Å². The van der Waals surface area contributed by atoms with Crippen LogP contribution in [0.4, 0.5) is 9.18 Å². The van der Waals surface area contributed by atoms with E-state index < -0.39 is 33.0 Å². The number of hydrogen-bond donors (Lipinski definition) is 4. The van der Waals surface area contributed by atoms with Crippen molar-refractivity contribution in [2.75, 3.05) is 7.05 Å². The lowest BCUT2D eigenvalue weighted by Gasteiger charge is -2.56. The Morgan fingerprint density at radius 3 is 2.62 bits per heavy atom. The molecule has 1 aromatic rings. The Balaban J connectivity index is 2.25. The van der Waals surface area contributed by atoms with Gasteiger partial charge in [-0.25, -0.2) is 18.5 Å². The van der Waals surface area contributed by atoms with Crippen LogP contribution in [0, 0.1) is 5.82 Å². The van der Waals surface area contributed by atoms with Gasteiger partial charge in [0.2, 0.25) is 5.96 Å². The van der Waals surface area contributed by atoms with Crippen molar-refractivity contribution in [1.82, 2.24) is 9.62 Å². The average molecular weight is 422 g/mol. The van der Waals surface area contributed by atoms with E-state index in [9.17, 15) is 18.3 Å². The van der Waals surface area contributed by atoms with Crippen molar-refractivity contribution in [2.45, 2.75) is 30.1 Å². The highest BCUT2D eigenvalue weighted by molar-refractivity contribution is 9.10. The zero-order valence-electron chi connectivity index (χ0n) is 13.0. The Hall–Kier alpha value is -1.36. The van der Waals surface area contributed by atoms with E-state index in [-0.39, 0.29) is 11.5 Å². The normalized spacial score (nSPS) is 28.2. The molecule has 1 atom stereocenters. The van der Waals surface area contributed by atoms with Crippen LogP contribution in [0.15, 0.2) is 27.7 Å². The molecule has 0 radical (unpaired) electrons. The first-order valence-electron chi connectivity index (χ1n) is 7.12. The summed E-state index contributed by atoms with van der Waals surface area (Å²) < 4.78 is 36.7. The summed E-state index contributed by atoms with van der Waals surface area (Å²) in [5.41, 5.74) is -1.13. The molecule has 0 bridgehead atoms. The number of halogens is 2. The maximum absolute atomic E-state index is 14.5. The number of nitrogens with one attached hydrogen (secondary N) is 1. The molecular formula is C14H17BrFN3O4S. The first-order chi connectivity index (χ1) is 11.0. The Kier molecular flexibility index (Phi) is 3.87. The molecule has 0 saturated heterocycles. The van der Waals surface area contributed by atoms with Crippen LogP contribution in [0.1, 0.15) is 25.3 Å². The number of carbonyl (C=O) groups is 1. The van der Waals surface area contributed by atoms with Crippen molar-refractivity contribution in [3.8, 4) is 0 Å². The summed E-state index contributed by atoms with van der Waals surface area (Å²) in [5, 5.41) is 11.1. The van der Waals surface area contributed by atoms with Gasteiger partial charge in [-0.2, -0.15) is 0 Å². The second-order valence-electron chi connectivity index (χ2n) is 6.07. The van der Waals surface area contributed by atoms with Crippen LogP contribution >= 0.6 is 26.7 Å². The van der Waals surface area contributed by atoms with Gasteiger partial charge < -0.3 is 5.11 Å². The lowest BCUT2D eigenvalue weighted by atomic mass is 9.86. The van der Waals surface area contributed by atoms with Gasteiger partial charge in [0, 0.05) is 17.1 Å². The first-order valence-corrected chi connectivity index (χ1v) is 9.42. The molecule has 2 aliphatic rings. The molecule has 1 unspecified atom stereocenters. The lowest BCUT2D eigenvalue weighted by Crippen LogP contribution is -2.57. The number of hydrogen-bond acceptors (Lipinski definition) is 5. The van der Waals surface area contributed by atoms with Crippen LogP contribution in [0.2, 0.25) is 0 Å². The monoisotopic (exact) mass is 421 g/mol. The van der Waals surface area contributed by atoms with Crippen LogP contribution < -0.4 is 5.32 Å². The predicted octanol–water partition coefficient (Wildman–Crippen LogP) is 3.57. The van der Waals surface area contributed by atoms with Crippen molar-refractivity contribution in [2.24, 2.45) is 4.99 Å². The fourth-order valence-electron chi connectivity index (χ4n) is 3.29. The molecule has 1 aromatic carbocycles. The zero-order chi connectivity index (χ0) is 17.9. The van der Waals surface area contributed by atoms with Crippen LogP contribution in [-0.4, -0.2) is 42.4 Å². The molecule has 24 heavy (non-hydrogen) atoms. The van der Waals surface area contributed by atoms with Crippen molar-refractivity contribution in [3.63, 3.8) is 0 Å². The van der Waals surface area contributed by atoms with Crippen LogP contribution in [0.25, 0.3) is 0 Å². The van der Waals surface area contributed by atoms with Crippen molar-refractivity contribution < 1.29 is 23.4 Å². The van der Waals surface area contributed by atoms with E-state index in [1.54, 1.807) is 6.92 Å². The summed E-state index contributed by atoms with van der Waals surface area (Å²) in [4.78, 5) is 15.4. The average Bonchev–Trinajstić information content (AvgIpc) is 3.28. The molecule has 1 saturated carbocycles. The Morgan fingerprint density at radius 2 is 2.08 bits per heavy atom. The fraction of sp³-hybridized carbons (Fsp3) is 0.429. The molecule has 1 aliphatic heterocycles. The third kappa shape index (κ3) is 2.24. The molecule has 1 amide bonds. The maximum atomic E-state index is 14.5. The third-order valence-electron chi connectivity index (χ3n) is 4.80. The van der Waals surface area contributed by atoms with Crippen LogP contribution in [0.5, 0.6) is 0 Å². The SMILES string of the molecule is CN1C(NC(=O)O)=NC(C)(c2cc(Br)ccc2F)C2(CC2)S1(O)O. The Bertz CT molecular complexity index is 756. The van der Waals surface area contributed by atoms with Crippen molar-refractivity contribution in [3.05, 3.63) is 34.1 Å². The van der Waals surface area contributed by atoms with Gasteiger partial charge in [-0.3, -0.25) is 14.4 Å². The summed E-state index contributed by atoms with van der Waals surface area (Å²) in [6.45, 7) is 1.61. The summed E-state index contributed by atoms with van der Waals surface area (Å²) >= 11 is 3.29. The molecule has 4 N–H and O–H groups in total. The molecule has 0 aromatic heterocycles. The minimum absolute atomic E-state index is 0.187. The number of rotatable bonds is 1. The smallest absolute Gasteiger partial charge is 0.411 e. The number of aliphatic imine (C=N–C) groups is 1. The second kappa shape index (κ2) is 5.32. The topological polar surface area (TPSA) is 105 Å². The van der Waals surface area contributed by atoms with Gasteiger partial charge in [-0.05, 0) is 38.0 Å². The van der Waals surface area contributed by atoms with Crippen LogP contribution in [-0.2, 0) is 5.54 Å². The largest absolute Gasteiger partial charge is 0.465 e. The van der Waals surface area contributed by atoms with E-state index in [4.69, 9.17) is 5.11 Å². The quantitative estimate of drug-likeness (QED) is 0.554. The van der Waals surface area contributed by atoms with Gasteiger partial charge in [-0.15, -0.1) is 10.8 Å². The Labute approximate surface area is 148 Å². The van der Waals surface area contributed by atoms with Gasteiger partial charge in [-0.1, -0.05) is 15.9 Å². The van der Waals surface area contributed by atoms with E-state index >= 15 is 0 Å². The van der Waals surface area contributed by atoms with Gasteiger partial charge in [0.15, 0.2) is 0 Å². The highest BCUT2D eigenvalue weighted by Crippen LogP contribution is 2.76. The molecule has 1 fully saturated rings. The molecule has 1 spiro atoms. The van der Waals surface area contributed by atoms with E-state index in [2.05, 4.69) is 26.2 Å². The minimum Gasteiger partial charge on any atom is -0.465 e. The molecular weight excluding hydrogens is 405 g/mol. The summed E-state index contributed by atoms with van der Waals surface area (Å²) in [7, 11) is -2.05. The third-order valence-corrected chi connectivity index (χ3v) is 8.08. The minimum atomic E-state index is -3.41. The Morgan fingerprint density at radius 1 is 1.46 bits per heavy atom. The number of nitrogens with zero attached hydrogens (tertiary/aromatic N) is 2. The molecule has 1 aliphatic carbocycles. The summed E-state index contributed by atoms with van der Waals surface area (Å²) in [5.74, 6) is -0.757. The van der Waals surface area contributed by atoms with Crippen molar-refractivity contribution in [1.29, 1.82) is 0 Å². The highest BCUT2D eigenvalue weighted by atomic mass is 79.9. The highest BCUT2D eigenvalue weighted by Gasteiger charge is 2.70. The van der Waals surface area contributed by atoms with E-state index in [1.807, 2.05) is 0 Å². The predicted molar refractivity (Wildman–Crippen MR) is 92.6 cm³/mol. The second-order valence-corrected chi connectivity index (χ2v) is 9.36. The van der Waals surface area contributed by atoms with Gasteiger partial charge in [0.25, 0.3) is 0 Å². The maximum Gasteiger partial charge on any atom is 0.411 e. The zero-order valence-corrected chi connectivity index (χ0v) is 15.4. The van der Waals surface area contributed by atoms with E-state index in [0.717, 1.165) is 4.31 Å². The number of carboxylic acid groups (broad SMARTS) is 1. The van der Waals surface area contributed by atoms with E-state index in [0.29, 0.717) is 17.3 Å². The number of benzene rings is 1. The fourth-order valence-corrected chi connectivity index (χ4v) is 5.84. The molecule has 132 valence electrons. The lowest BCUT2D eigenvalue weighted by molar-refractivity contribution is 0.199. The molecule has 10 heteroatoms. The summed E-state index contributed by atoms with van der Waals surface area (Å²) in [6, 6.07) is 4.34. The molecule has 1 heterocycles. The van der Waals surface area contributed by atoms with Gasteiger partial charge >= 0.3 is 6.09 Å². The van der Waals surface area contributed by atoms with Crippen molar-refractivity contribution >= 4 is 38.8 Å². The molecule has 7 nitrogen and oxygen atoms in total. The van der Waals surface area contributed by atoms with E-state index in [1.165, 1.54) is 25.2 Å². The number of amides is 1. The standard InChI is InChI=1S/C14H17BrFN3O4S/c1-13(9-7-8(15)3-4-10(9)16)14(5-6-14)24(22,23)19(2)11(18-13)17-12(20)21/h3-4,7,22-23H,5-6H2,1-2H3,(H,17,18)(H,20,21).